The number of benzene rings is 1. The highest BCUT2D eigenvalue weighted by molar-refractivity contribution is 6.01. The van der Waals surface area contributed by atoms with Crippen LogP contribution in [0.1, 0.15) is 42.1 Å². The lowest BCUT2D eigenvalue weighted by Crippen LogP contribution is -2.50. The summed E-state index contributed by atoms with van der Waals surface area (Å²) >= 11 is 0. The van der Waals surface area contributed by atoms with Crippen LogP contribution in [0.5, 0.6) is 0 Å². The number of nitrogens with zero attached hydrogens (tertiary/aromatic N) is 3. The molecular weight excluding hydrogens is 400 g/mol. The number of anilines is 1. The van der Waals surface area contributed by atoms with Crippen LogP contribution in [0.3, 0.4) is 0 Å². The third-order valence-corrected chi connectivity index (χ3v) is 5.83. The molecule has 2 aromatic rings. The van der Waals surface area contributed by atoms with Crippen LogP contribution in [0.25, 0.3) is 0 Å². The van der Waals surface area contributed by atoms with Gasteiger partial charge < -0.3 is 15.6 Å². The van der Waals surface area contributed by atoms with Gasteiger partial charge in [-0.15, -0.1) is 0 Å². The Hall–Kier alpha value is -2.75. The second-order valence-electron chi connectivity index (χ2n) is 7.75. The molecule has 9 nitrogen and oxygen atoms in total. The fourth-order valence-corrected chi connectivity index (χ4v) is 4.13. The van der Waals surface area contributed by atoms with Crippen molar-refractivity contribution < 1.29 is 14.6 Å². The molecule has 168 valence electrons. The summed E-state index contributed by atoms with van der Waals surface area (Å²) in [6, 6.07) is 8.90. The number of rotatable bonds is 8. The van der Waals surface area contributed by atoms with Gasteiger partial charge in [0, 0.05) is 13.7 Å². The molecule has 0 radical (unpaired) electrons. The van der Waals surface area contributed by atoms with Crippen molar-refractivity contribution in [1.82, 2.24) is 14.0 Å². The van der Waals surface area contributed by atoms with Crippen molar-refractivity contribution in [1.29, 1.82) is 0 Å². The first kappa shape index (κ1) is 22.9. The fourth-order valence-electron chi connectivity index (χ4n) is 4.13. The molecule has 2 atom stereocenters. The Morgan fingerprint density at radius 1 is 1.23 bits per heavy atom. The zero-order valence-corrected chi connectivity index (χ0v) is 18.0. The first-order valence-electron chi connectivity index (χ1n) is 10.5. The van der Waals surface area contributed by atoms with Crippen LogP contribution >= 0.6 is 0 Å². The van der Waals surface area contributed by atoms with Crippen molar-refractivity contribution in [2.75, 3.05) is 25.9 Å². The summed E-state index contributed by atoms with van der Waals surface area (Å²) in [6.45, 7) is 2.47. The van der Waals surface area contributed by atoms with Gasteiger partial charge in [0.05, 0.1) is 19.1 Å². The van der Waals surface area contributed by atoms with Crippen LogP contribution in [0.15, 0.2) is 39.9 Å². The quantitative estimate of drug-likeness (QED) is 0.466. The molecular formula is C22H30N4O5. The zero-order chi connectivity index (χ0) is 22.5. The Morgan fingerprint density at radius 3 is 2.58 bits per heavy atom. The minimum absolute atomic E-state index is 0.0855. The molecule has 2 heterocycles. The van der Waals surface area contributed by atoms with Crippen molar-refractivity contribution >= 4 is 11.6 Å². The molecule has 1 saturated heterocycles. The van der Waals surface area contributed by atoms with Gasteiger partial charge in [0.15, 0.2) is 12.1 Å². The first-order valence-corrected chi connectivity index (χ1v) is 10.5. The normalized spacial score (nSPS) is 18.1. The molecule has 3 rings (SSSR count). The number of Topliss-reactive ketones (excluding diaryl/α,β-unsaturated/α-hetero) is 1. The van der Waals surface area contributed by atoms with Gasteiger partial charge in [0.2, 0.25) is 0 Å². The molecule has 9 heteroatoms. The van der Waals surface area contributed by atoms with E-state index in [0.29, 0.717) is 13.0 Å². The van der Waals surface area contributed by atoms with Crippen molar-refractivity contribution in [2.45, 2.75) is 51.6 Å². The number of aliphatic hydroxyl groups excluding tert-OH is 1. The molecule has 1 aromatic carbocycles. The van der Waals surface area contributed by atoms with Gasteiger partial charge in [0.25, 0.3) is 5.56 Å². The zero-order valence-electron chi connectivity index (χ0n) is 18.0. The Labute approximate surface area is 180 Å². The summed E-state index contributed by atoms with van der Waals surface area (Å²) < 4.78 is 7.36. The van der Waals surface area contributed by atoms with Gasteiger partial charge in [-0.05, 0) is 31.9 Å². The SMILES string of the molecule is CCn1c(=O)c(C(=O)CN2CCCCC2C(O)OC)c(N)n(Cc2ccccc2)c1=O. The van der Waals surface area contributed by atoms with Crippen LogP contribution in [0, 0.1) is 0 Å². The third kappa shape index (κ3) is 4.79. The lowest BCUT2D eigenvalue weighted by molar-refractivity contribution is -0.131. The Bertz CT molecular complexity index is 1030. The average molecular weight is 431 g/mol. The number of hydrogen-bond donors (Lipinski definition) is 2. The van der Waals surface area contributed by atoms with Gasteiger partial charge >= 0.3 is 5.69 Å². The standard InChI is InChI=1S/C22H30N4O5/c1-3-25-20(28)18(17(27)14-24-12-8-7-11-16(24)21(29)31-2)19(23)26(22(25)30)13-15-9-5-4-6-10-15/h4-6,9-10,16,21,29H,3,7-8,11-14,23H2,1-2H3. The van der Waals surface area contributed by atoms with E-state index in [1.54, 1.807) is 6.92 Å². The van der Waals surface area contributed by atoms with E-state index in [2.05, 4.69) is 0 Å². The number of carbonyl (C=O) groups excluding carboxylic acids is 1. The highest BCUT2D eigenvalue weighted by atomic mass is 16.6. The molecule has 2 unspecified atom stereocenters. The molecule has 1 fully saturated rings. The van der Waals surface area contributed by atoms with E-state index in [1.807, 2.05) is 35.2 Å². The first-order chi connectivity index (χ1) is 14.9. The van der Waals surface area contributed by atoms with Crippen LogP contribution in [0.2, 0.25) is 0 Å². The van der Waals surface area contributed by atoms with Crippen molar-refractivity contribution in [3.63, 3.8) is 0 Å². The maximum absolute atomic E-state index is 13.2. The summed E-state index contributed by atoms with van der Waals surface area (Å²) in [4.78, 5) is 40.9. The number of likely N-dealkylation sites (tertiary alicyclic amines) is 1. The molecule has 0 bridgehead atoms. The summed E-state index contributed by atoms with van der Waals surface area (Å²) in [6.07, 6.45) is 1.46. The van der Waals surface area contributed by atoms with Crippen LogP contribution in [-0.2, 0) is 17.8 Å². The molecule has 0 spiro atoms. The Balaban J connectivity index is 1.99. The molecule has 1 aromatic heterocycles. The van der Waals surface area contributed by atoms with Gasteiger partial charge in [0.1, 0.15) is 11.4 Å². The molecule has 0 amide bonds. The number of aliphatic hydroxyl groups is 1. The van der Waals surface area contributed by atoms with E-state index in [-0.39, 0.29) is 37.1 Å². The lowest BCUT2D eigenvalue weighted by atomic mass is 10.0. The second-order valence-corrected chi connectivity index (χ2v) is 7.75. The summed E-state index contributed by atoms with van der Waals surface area (Å²) in [7, 11) is 1.41. The van der Waals surface area contributed by atoms with E-state index in [1.165, 1.54) is 11.7 Å². The number of ketones is 1. The van der Waals surface area contributed by atoms with Gasteiger partial charge in [-0.3, -0.25) is 23.6 Å². The number of aromatic nitrogens is 2. The van der Waals surface area contributed by atoms with Crippen molar-refractivity contribution in [3.05, 3.63) is 62.3 Å². The van der Waals surface area contributed by atoms with E-state index in [9.17, 15) is 19.5 Å². The number of methoxy groups -OCH3 is 1. The number of nitrogens with two attached hydrogens (primary N) is 1. The predicted molar refractivity (Wildman–Crippen MR) is 117 cm³/mol. The number of hydrogen-bond acceptors (Lipinski definition) is 7. The van der Waals surface area contributed by atoms with Crippen molar-refractivity contribution in [2.24, 2.45) is 0 Å². The van der Waals surface area contributed by atoms with E-state index < -0.39 is 23.3 Å². The molecule has 0 saturated carbocycles. The predicted octanol–water partition coefficient (Wildman–Crippen LogP) is 0.662. The number of piperidine rings is 1. The largest absolute Gasteiger partial charge is 0.384 e. The van der Waals surface area contributed by atoms with Gasteiger partial charge in [-0.2, -0.15) is 0 Å². The maximum Gasteiger partial charge on any atom is 0.332 e. The van der Waals surface area contributed by atoms with Crippen LogP contribution in [-0.4, -0.2) is 57.5 Å². The van der Waals surface area contributed by atoms with Crippen LogP contribution < -0.4 is 17.0 Å². The average Bonchev–Trinajstić information content (AvgIpc) is 2.77. The molecule has 31 heavy (non-hydrogen) atoms. The Kier molecular flexibility index (Phi) is 7.42. The molecule has 0 aliphatic carbocycles. The second kappa shape index (κ2) is 10.0. The monoisotopic (exact) mass is 430 g/mol. The Morgan fingerprint density at radius 2 is 1.94 bits per heavy atom. The van der Waals surface area contributed by atoms with Crippen molar-refractivity contribution in [3.8, 4) is 0 Å². The highest BCUT2D eigenvalue weighted by Gasteiger charge is 2.32. The number of nitrogen functional groups attached to an aromatic ring is 1. The molecule has 3 N–H and O–H groups in total. The van der Waals surface area contributed by atoms with E-state index in [4.69, 9.17) is 10.5 Å². The minimum Gasteiger partial charge on any atom is -0.384 e. The lowest BCUT2D eigenvalue weighted by Gasteiger charge is -2.37. The summed E-state index contributed by atoms with van der Waals surface area (Å²) in [5.74, 6) is -0.601. The van der Waals surface area contributed by atoms with E-state index in [0.717, 1.165) is 23.0 Å². The number of carbonyl (C=O) groups is 1. The van der Waals surface area contributed by atoms with E-state index >= 15 is 0 Å². The highest BCUT2D eigenvalue weighted by Crippen LogP contribution is 2.21. The van der Waals surface area contributed by atoms with Gasteiger partial charge in [-0.1, -0.05) is 36.8 Å². The maximum atomic E-state index is 13.2. The summed E-state index contributed by atoms with van der Waals surface area (Å²) in [5, 5.41) is 10.2. The smallest absolute Gasteiger partial charge is 0.332 e. The van der Waals surface area contributed by atoms with Crippen LogP contribution in [0.4, 0.5) is 5.82 Å². The minimum atomic E-state index is -1.02. The molecule has 1 aliphatic rings. The van der Waals surface area contributed by atoms with Gasteiger partial charge in [-0.25, -0.2) is 4.79 Å². The number of ether oxygens (including phenoxy) is 1. The molecule has 1 aliphatic heterocycles. The summed E-state index contributed by atoms with van der Waals surface area (Å²) in [5.41, 5.74) is 5.64. The third-order valence-electron chi connectivity index (χ3n) is 5.83. The topological polar surface area (TPSA) is 120 Å². The fraction of sp³-hybridized carbons (Fsp3) is 0.500.